The Morgan fingerprint density at radius 2 is 2.00 bits per heavy atom. The molecule has 0 bridgehead atoms. The van der Waals surface area contributed by atoms with Crippen LogP contribution in [-0.4, -0.2) is 48.6 Å². The Balaban J connectivity index is 2.61. The first-order valence-electron chi connectivity index (χ1n) is 6.60. The molecule has 0 radical (unpaired) electrons. The van der Waals surface area contributed by atoms with Crippen molar-refractivity contribution in [2.45, 2.75) is 46.3 Å². The average Bonchev–Trinajstić information content (AvgIpc) is 2.26. The Kier molecular flexibility index (Phi) is 5.59. The minimum Gasteiger partial charge on any atom is -0.377 e. The van der Waals surface area contributed by atoms with Crippen molar-refractivity contribution >= 4 is 11.8 Å². The van der Waals surface area contributed by atoms with Crippen LogP contribution in [0.3, 0.4) is 0 Å². The highest BCUT2D eigenvalue weighted by Gasteiger charge is 2.34. The van der Waals surface area contributed by atoms with Gasteiger partial charge in [-0.2, -0.15) is 0 Å². The zero-order valence-corrected chi connectivity index (χ0v) is 11.7. The molecular formula is C13H24N2O3. The number of carbonyl (C=O) groups is 2. The lowest BCUT2D eigenvalue weighted by Crippen LogP contribution is -2.59. The van der Waals surface area contributed by atoms with Crippen LogP contribution in [0.1, 0.15) is 34.1 Å². The van der Waals surface area contributed by atoms with Gasteiger partial charge >= 0.3 is 0 Å². The first-order chi connectivity index (χ1) is 8.41. The molecule has 2 amide bonds. The number of hydrogen-bond donors (Lipinski definition) is 1. The maximum absolute atomic E-state index is 11.9. The average molecular weight is 256 g/mol. The van der Waals surface area contributed by atoms with Gasteiger partial charge in [0, 0.05) is 6.54 Å². The van der Waals surface area contributed by atoms with Gasteiger partial charge in [-0.25, -0.2) is 0 Å². The third kappa shape index (κ3) is 4.29. The van der Waals surface area contributed by atoms with E-state index in [1.807, 2.05) is 13.8 Å². The second-order valence-corrected chi connectivity index (χ2v) is 5.37. The lowest BCUT2D eigenvalue weighted by atomic mass is 10.00. The van der Waals surface area contributed by atoms with E-state index in [9.17, 15) is 9.59 Å². The van der Waals surface area contributed by atoms with Crippen molar-refractivity contribution in [1.82, 2.24) is 10.2 Å². The van der Waals surface area contributed by atoms with Gasteiger partial charge in [0.15, 0.2) is 0 Å². The molecule has 1 aliphatic rings. The predicted molar refractivity (Wildman–Crippen MR) is 69.1 cm³/mol. The molecule has 0 aromatic rings. The largest absolute Gasteiger partial charge is 0.377 e. The van der Waals surface area contributed by atoms with Crippen molar-refractivity contribution in [3.63, 3.8) is 0 Å². The molecule has 1 unspecified atom stereocenters. The molecule has 18 heavy (non-hydrogen) atoms. The highest BCUT2D eigenvalue weighted by Crippen LogP contribution is 2.15. The van der Waals surface area contributed by atoms with Crippen LogP contribution in [0.5, 0.6) is 0 Å². The van der Waals surface area contributed by atoms with Gasteiger partial charge in [-0.15, -0.1) is 0 Å². The van der Waals surface area contributed by atoms with Crippen LogP contribution in [0.25, 0.3) is 0 Å². The predicted octanol–water partition coefficient (Wildman–Crippen LogP) is 0.785. The number of piperazine rings is 1. The van der Waals surface area contributed by atoms with Gasteiger partial charge in [0.05, 0.1) is 19.3 Å². The summed E-state index contributed by atoms with van der Waals surface area (Å²) in [7, 11) is 0. The van der Waals surface area contributed by atoms with Crippen LogP contribution in [0.4, 0.5) is 0 Å². The summed E-state index contributed by atoms with van der Waals surface area (Å²) in [6, 6.07) is -0.345. The van der Waals surface area contributed by atoms with Crippen molar-refractivity contribution in [1.29, 1.82) is 0 Å². The zero-order valence-electron chi connectivity index (χ0n) is 11.7. The van der Waals surface area contributed by atoms with Crippen molar-refractivity contribution < 1.29 is 14.3 Å². The molecule has 0 aliphatic carbocycles. The Morgan fingerprint density at radius 3 is 2.56 bits per heavy atom. The molecule has 0 aromatic carbocycles. The SMILES string of the molecule is CC(C)CC1C(=O)NCC(=O)N1CCOC(C)C. The van der Waals surface area contributed by atoms with E-state index in [2.05, 4.69) is 19.2 Å². The Hall–Kier alpha value is -1.10. The van der Waals surface area contributed by atoms with Gasteiger partial charge in [0.1, 0.15) is 6.04 Å². The van der Waals surface area contributed by atoms with E-state index in [1.165, 1.54) is 0 Å². The molecule has 1 saturated heterocycles. The molecule has 1 heterocycles. The smallest absolute Gasteiger partial charge is 0.243 e. The van der Waals surface area contributed by atoms with Crippen LogP contribution in [0, 0.1) is 5.92 Å². The summed E-state index contributed by atoms with van der Waals surface area (Å²) in [5, 5.41) is 2.65. The molecule has 1 rings (SSSR count). The Labute approximate surface area is 109 Å². The molecule has 5 nitrogen and oxygen atoms in total. The lowest BCUT2D eigenvalue weighted by molar-refractivity contribution is -0.147. The van der Waals surface area contributed by atoms with Gasteiger partial charge < -0.3 is 15.0 Å². The first kappa shape index (κ1) is 15.0. The van der Waals surface area contributed by atoms with E-state index in [-0.39, 0.29) is 30.5 Å². The molecule has 104 valence electrons. The molecule has 0 aromatic heterocycles. The van der Waals surface area contributed by atoms with E-state index in [0.29, 0.717) is 25.5 Å². The van der Waals surface area contributed by atoms with Crippen LogP contribution in [0.15, 0.2) is 0 Å². The molecule has 5 heteroatoms. The normalized spacial score (nSPS) is 20.8. The highest BCUT2D eigenvalue weighted by molar-refractivity contribution is 5.94. The molecule has 0 spiro atoms. The van der Waals surface area contributed by atoms with Crippen molar-refractivity contribution in [2.75, 3.05) is 19.7 Å². The van der Waals surface area contributed by atoms with E-state index in [4.69, 9.17) is 4.74 Å². The minimum atomic E-state index is -0.345. The highest BCUT2D eigenvalue weighted by atomic mass is 16.5. The molecule has 1 atom stereocenters. The summed E-state index contributed by atoms with van der Waals surface area (Å²) in [5.41, 5.74) is 0. The van der Waals surface area contributed by atoms with Gasteiger partial charge in [-0.05, 0) is 26.2 Å². The fourth-order valence-electron chi connectivity index (χ4n) is 2.05. The van der Waals surface area contributed by atoms with Crippen LogP contribution < -0.4 is 5.32 Å². The Morgan fingerprint density at radius 1 is 1.33 bits per heavy atom. The first-order valence-corrected chi connectivity index (χ1v) is 6.60. The number of nitrogens with one attached hydrogen (secondary N) is 1. The second-order valence-electron chi connectivity index (χ2n) is 5.37. The lowest BCUT2D eigenvalue weighted by Gasteiger charge is -2.35. The minimum absolute atomic E-state index is 0.0207. The summed E-state index contributed by atoms with van der Waals surface area (Å²) < 4.78 is 5.46. The fraction of sp³-hybridized carbons (Fsp3) is 0.846. The summed E-state index contributed by atoms with van der Waals surface area (Å²) in [5.74, 6) is 0.306. The van der Waals surface area contributed by atoms with Crippen LogP contribution in [-0.2, 0) is 14.3 Å². The summed E-state index contributed by atoms with van der Waals surface area (Å²) in [4.78, 5) is 25.4. The van der Waals surface area contributed by atoms with Gasteiger partial charge in [-0.3, -0.25) is 9.59 Å². The van der Waals surface area contributed by atoms with E-state index < -0.39 is 0 Å². The quantitative estimate of drug-likeness (QED) is 0.764. The van der Waals surface area contributed by atoms with E-state index in [0.717, 1.165) is 0 Å². The maximum atomic E-state index is 11.9. The number of ether oxygens (including phenoxy) is 1. The van der Waals surface area contributed by atoms with Crippen LogP contribution in [0.2, 0.25) is 0 Å². The van der Waals surface area contributed by atoms with Crippen molar-refractivity contribution in [3.8, 4) is 0 Å². The monoisotopic (exact) mass is 256 g/mol. The van der Waals surface area contributed by atoms with Crippen LogP contribution >= 0.6 is 0 Å². The molecule has 1 N–H and O–H groups in total. The number of amides is 2. The Bertz CT molecular complexity index is 303. The maximum Gasteiger partial charge on any atom is 0.243 e. The number of carbonyl (C=O) groups excluding carboxylic acids is 2. The number of rotatable bonds is 6. The third-order valence-electron chi connectivity index (χ3n) is 2.89. The van der Waals surface area contributed by atoms with Gasteiger partial charge in [-0.1, -0.05) is 13.8 Å². The van der Waals surface area contributed by atoms with E-state index >= 15 is 0 Å². The van der Waals surface area contributed by atoms with Crippen molar-refractivity contribution in [3.05, 3.63) is 0 Å². The van der Waals surface area contributed by atoms with E-state index in [1.54, 1.807) is 4.90 Å². The standard InChI is InChI=1S/C13H24N2O3/c1-9(2)7-11-13(17)14-8-12(16)15(11)5-6-18-10(3)4/h9-11H,5-8H2,1-4H3,(H,14,17). The zero-order chi connectivity index (χ0) is 13.7. The summed E-state index contributed by atoms with van der Waals surface area (Å²) in [6.45, 7) is 9.08. The molecule has 1 fully saturated rings. The summed E-state index contributed by atoms with van der Waals surface area (Å²) in [6.07, 6.45) is 0.835. The van der Waals surface area contributed by atoms with Gasteiger partial charge in [0.2, 0.25) is 11.8 Å². The molecular weight excluding hydrogens is 232 g/mol. The van der Waals surface area contributed by atoms with Crippen molar-refractivity contribution in [2.24, 2.45) is 5.92 Å². The summed E-state index contributed by atoms with van der Waals surface area (Å²) >= 11 is 0. The second kappa shape index (κ2) is 6.73. The third-order valence-corrected chi connectivity index (χ3v) is 2.89. The number of nitrogens with zero attached hydrogens (tertiary/aromatic N) is 1. The number of hydrogen-bond acceptors (Lipinski definition) is 3. The fourth-order valence-corrected chi connectivity index (χ4v) is 2.05. The molecule has 0 saturated carbocycles. The molecule has 1 aliphatic heterocycles. The topological polar surface area (TPSA) is 58.6 Å². The van der Waals surface area contributed by atoms with Gasteiger partial charge in [0.25, 0.3) is 0 Å².